The van der Waals surface area contributed by atoms with Gasteiger partial charge in [0.15, 0.2) is 0 Å². The van der Waals surface area contributed by atoms with Crippen LogP contribution in [0.2, 0.25) is 0 Å². The second kappa shape index (κ2) is 6.38. The average molecular weight is 252 g/mol. The summed E-state index contributed by atoms with van der Waals surface area (Å²) in [5.74, 6) is -0.0680. The van der Waals surface area contributed by atoms with E-state index < -0.39 is 0 Å². The molecule has 2 atom stereocenters. The van der Waals surface area contributed by atoms with Crippen molar-refractivity contribution in [2.24, 2.45) is 11.8 Å². The van der Waals surface area contributed by atoms with Crippen molar-refractivity contribution in [3.8, 4) is 0 Å². The summed E-state index contributed by atoms with van der Waals surface area (Å²) in [6, 6.07) is 0. The standard InChI is InChI=1S/C14H20O4/c1-9-5-6-13(10(2)7-17-11(3)15)14(9)8-18-12(4)16/h7-9,13H,5-6H2,1-4H3/b10-7+,14-8+/t9-,13-/m1/s1. The molecule has 100 valence electrons. The number of rotatable bonds is 3. The summed E-state index contributed by atoms with van der Waals surface area (Å²) < 4.78 is 9.86. The molecule has 1 rings (SSSR count). The molecule has 0 aromatic carbocycles. The Hall–Kier alpha value is -1.58. The molecule has 1 saturated carbocycles. The highest BCUT2D eigenvalue weighted by molar-refractivity contribution is 5.67. The van der Waals surface area contributed by atoms with Gasteiger partial charge >= 0.3 is 11.9 Å². The second-order valence-corrected chi connectivity index (χ2v) is 4.73. The van der Waals surface area contributed by atoms with Gasteiger partial charge in [0.25, 0.3) is 0 Å². The van der Waals surface area contributed by atoms with Gasteiger partial charge in [0.2, 0.25) is 0 Å². The van der Waals surface area contributed by atoms with E-state index in [1.165, 1.54) is 20.1 Å². The molecule has 18 heavy (non-hydrogen) atoms. The molecule has 0 aromatic rings. The Bertz CT molecular complexity index is 393. The van der Waals surface area contributed by atoms with E-state index in [2.05, 4.69) is 6.92 Å². The van der Waals surface area contributed by atoms with Gasteiger partial charge in [0.1, 0.15) is 0 Å². The van der Waals surface area contributed by atoms with Crippen LogP contribution >= 0.6 is 0 Å². The minimum absolute atomic E-state index is 0.193. The molecule has 0 saturated heterocycles. The fourth-order valence-corrected chi connectivity index (χ4v) is 2.19. The lowest BCUT2D eigenvalue weighted by Gasteiger charge is -2.14. The summed E-state index contributed by atoms with van der Waals surface area (Å²) in [6.07, 6.45) is 5.07. The van der Waals surface area contributed by atoms with Crippen molar-refractivity contribution in [3.05, 3.63) is 23.7 Å². The van der Waals surface area contributed by atoms with E-state index in [4.69, 9.17) is 9.47 Å². The molecule has 0 radical (unpaired) electrons. The number of carbonyl (C=O) groups excluding carboxylic acids is 2. The van der Waals surface area contributed by atoms with Crippen LogP contribution in [0.5, 0.6) is 0 Å². The third-order valence-corrected chi connectivity index (χ3v) is 3.18. The minimum atomic E-state index is -0.328. The van der Waals surface area contributed by atoms with Gasteiger partial charge in [-0.25, -0.2) is 0 Å². The molecule has 4 heteroatoms. The van der Waals surface area contributed by atoms with Crippen molar-refractivity contribution >= 4 is 11.9 Å². The van der Waals surface area contributed by atoms with Gasteiger partial charge in [-0.15, -0.1) is 0 Å². The van der Waals surface area contributed by atoms with E-state index in [1.54, 1.807) is 6.26 Å². The maximum Gasteiger partial charge on any atom is 0.307 e. The SMILES string of the molecule is CC(=O)O/C=C(\C)[C@H]1CC[C@@H](C)/C1=C\OC(C)=O. The Morgan fingerprint density at radius 3 is 2.28 bits per heavy atom. The molecule has 0 unspecified atom stereocenters. The lowest BCUT2D eigenvalue weighted by atomic mass is 9.93. The first-order valence-corrected chi connectivity index (χ1v) is 6.13. The summed E-state index contributed by atoms with van der Waals surface area (Å²) in [6.45, 7) is 6.78. The Morgan fingerprint density at radius 2 is 1.72 bits per heavy atom. The van der Waals surface area contributed by atoms with Crippen molar-refractivity contribution in [3.63, 3.8) is 0 Å². The zero-order valence-electron chi connectivity index (χ0n) is 11.4. The molecule has 0 amide bonds. The average Bonchev–Trinajstić information content (AvgIpc) is 2.64. The Balaban J connectivity index is 2.80. The summed E-state index contributed by atoms with van der Waals surface area (Å²) in [5.41, 5.74) is 2.07. The van der Waals surface area contributed by atoms with Crippen LogP contribution in [-0.4, -0.2) is 11.9 Å². The van der Waals surface area contributed by atoms with Gasteiger partial charge in [-0.1, -0.05) is 6.92 Å². The molecule has 1 fully saturated rings. The first-order valence-electron chi connectivity index (χ1n) is 6.13. The van der Waals surface area contributed by atoms with Crippen molar-refractivity contribution < 1.29 is 19.1 Å². The van der Waals surface area contributed by atoms with E-state index in [1.807, 2.05) is 6.92 Å². The highest BCUT2D eigenvalue weighted by Crippen LogP contribution is 2.40. The van der Waals surface area contributed by atoms with E-state index in [-0.39, 0.29) is 17.9 Å². The Labute approximate surface area is 108 Å². The molecule has 0 spiro atoms. The number of hydrogen-bond donors (Lipinski definition) is 0. The van der Waals surface area contributed by atoms with Crippen LogP contribution in [0, 0.1) is 11.8 Å². The molecule has 0 N–H and O–H groups in total. The van der Waals surface area contributed by atoms with E-state index in [0.717, 1.165) is 24.0 Å². The van der Waals surface area contributed by atoms with Crippen LogP contribution in [0.4, 0.5) is 0 Å². The molecule has 0 heterocycles. The Morgan fingerprint density at radius 1 is 1.11 bits per heavy atom. The van der Waals surface area contributed by atoms with E-state index >= 15 is 0 Å². The molecule has 0 bridgehead atoms. The fraction of sp³-hybridized carbons (Fsp3) is 0.571. The predicted molar refractivity (Wildman–Crippen MR) is 67.3 cm³/mol. The van der Waals surface area contributed by atoms with Gasteiger partial charge in [0, 0.05) is 19.8 Å². The van der Waals surface area contributed by atoms with Gasteiger partial charge in [0.05, 0.1) is 12.5 Å². The van der Waals surface area contributed by atoms with Crippen molar-refractivity contribution in [2.75, 3.05) is 0 Å². The first kappa shape index (κ1) is 14.5. The molecular formula is C14H20O4. The molecule has 4 nitrogen and oxygen atoms in total. The summed E-state index contributed by atoms with van der Waals surface area (Å²) in [5, 5.41) is 0. The van der Waals surface area contributed by atoms with Crippen molar-refractivity contribution in [1.82, 2.24) is 0 Å². The highest BCUT2D eigenvalue weighted by atomic mass is 16.5. The zero-order chi connectivity index (χ0) is 13.7. The number of hydrogen-bond acceptors (Lipinski definition) is 4. The molecule has 1 aliphatic carbocycles. The van der Waals surface area contributed by atoms with Gasteiger partial charge in [-0.2, -0.15) is 0 Å². The number of allylic oxidation sites excluding steroid dienone is 2. The van der Waals surface area contributed by atoms with Crippen molar-refractivity contribution in [2.45, 2.75) is 40.5 Å². The van der Waals surface area contributed by atoms with E-state index in [0.29, 0.717) is 5.92 Å². The fourth-order valence-electron chi connectivity index (χ4n) is 2.19. The third-order valence-electron chi connectivity index (χ3n) is 3.18. The van der Waals surface area contributed by atoms with Gasteiger partial charge < -0.3 is 9.47 Å². The predicted octanol–water partition coefficient (Wildman–Crippen LogP) is 2.95. The monoisotopic (exact) mass is 252 g/mol. The highest BCUT2D eigenvalue weighted by Gasteiger charge is 2.29. The number of esters is 2. The largest absolute Gasteiger partial charge is 0.435 e. The molecule has 0 aliphatic heterocycles. The summed E-state index contributed by atoms with van der Waals surface area (Å²) in [7, 11) is 0. The van der Waals surface area contributed by atoms with Crippen LogP contribution in [0.3, 0.4) is 0 Å². The first-order chi connectivity index (χ1) is 8.41. The zero-order valence-corrected chi connectivity index (χ0v) is 11.4. The molecule has 1 aliphatic rings. The normalized spacial score (nSPS) is 26.2. The summed E-state index contributed by atoms with van der Waals surface area (Å²) in [4.78, 5) is 21.6. The lowest BCUT2D eigenvalue weighted by molar-refractivity contribution is -0.136. The summed E-state index contributed by atoms with van der Waals surface area (Å²) >= 11 is 0. The van der Waals surface area contributed by atoms with Crippen LogP contribution in [-0.2, 0) is 19.1 Å². The minimum Gasteiger partial charge on any atom is -0.435 e. The van der Waals surface area contributed by atoms with Crippen LogP contribution < -0.4 is 0 Å². The van der Waals surface area contributed by atoms with Crippen LogP contribution in [0.25, 0.3) is 0 Å². The van der Waals surface area contributed by atoms with E-state index in [9.17, 15) is 9.59 Å². The maximum absolute atomic E-state index is 10.8. The van der Waals surface area contributed by atoms with Gasteiger partial charge in [-0.05, 0) is 36.8 Å². The lowest BCUT2D eigenvalue weighted by Crippen LogP contribution is -2.05. The third kappa shape index (κ3) is 4.02. The van der Waals surface area contributed by atoms with Crippen LogP contribution in [0.1, 0.15) is 40.5 Å². The maximum atomic E-state index is 10.8. The Kier molecular flexibility index (Phi) is 5.13. The number of carbonyl (C=O) groups is 2. The topological polar surface area (TPSA) is 52.6 Å². The smallest absolute Gasteiger partial charge is 0.307 e. The van der Waals surface area contributed by atoms with Crippen LogP contribution in [0.15, 0.2) is 23.7 Å². The molecular weight excluding hydrogens is 232 g/mol. The second-order valence-electron chi connectivity index (χ2n) is 4.73. The van der Waals surface area contributed by atoms with Crippen molar-refractivity contribution in [1.29, 1.82) is 0 Å². The number of ether oxygens (including phenoxy) is 2. The molecule has 0 aromatic heterocycles. The quantitative estimate of drug-likeness (QED) is 0.572. The van der Waals surface area contributed by atoms with Gasteiger partial charge in [-0.3, -0.25) is 9.59 Å².